The topological polar surface area (TPSA) is 206 Å². The van der Waals surface area contributed by atoms with Crippen LogP contribution < -0.4 is 21.3 Å². The minimum Gasteiger partial charge on any atom is -0.508 e. The van der Waals surface area contributed by atoms with E-state index in [0.717, 1.165) is 0 Å². The van der Waals surface area contributed by atoms with Gasteiger partial charge in [-0.15, -0.1) is 0 Å². The Kier molecular flexibility index (Phi) is 8.05. The van der Waals surface area contributed by atoms with E-state index in [1.807, 2.05) is 20.8 Å². The molecule has 1 aromatic carbocycles. The van der Waals surface area contributed by atoms with Crippen LogP contribution in [0.15, 0.2) is 23.0 Å². The number of primary amides is 1. The molecular formula is C30H41N5O8. The molecule has 1 saturated carbocycles. The monoisotopic (exact) mass is 599 g/mol. The van der Waals surface area contributed by atoms with E-state index in [9.17, 15) is 39.6 Å². The molecule has 3 amide bonds. The number of likely N-dealkylation sites (N-methyl/N-ethyl adjacent to an activating group) is 1. The number of nitrogens with one attached hydrogen (secondary N) is 2. The molecule has 0 spiro atoms. The fourth-order valence-electron chi connectivity index (χ4n) is 6.63. The smallest absolute Gasteiger partial charge is 0.315 e. The molecule has 0 bridgehead atoms. The summed E-state index contributed by atoms with van der Waals surface area (Å²) >= 11 is 0. The third kappa shape index (κ3) is 5.20. The summed E-state index contributed by atoms with van der Waals surface area (Å²) in [5.74, 6) is -6.94. The zero-order valence-electron chi connectivity index (χ0n) is 25.5. The molecule has 0 aromatic heterocycles. The van der Waals surface area contributed by atoms with Crippen molar-refractivity contribution in [2.45, 2.75) is 57.2 Å². The van der Waals surface area contributed by atoms with Gasteiger partial charge in [-0.05, 0) is 77.2 Å². The van der Waals surface area contributed by atoms with Gasteiger partial charge in [0.2, 0.25) is 5.78 Å². The van der Waals surface area contributed by atoms with Crippen LogP contribution in [0.25, 0.3) is 5.76 Å². The summed E-state index contributed by atoms with van der Waals surface area (Å²) in [5, 5.41) is 51.3. The normalized spacial score (nSPS) is 25.3. The summed E-state index contributed by atoms with van der Waals surface area (Å²) in [6, 6.07) is 0.230. The van der Waals surface area contributed by atoms with Gasteiger partial charge in [0.05, 0.1) is 11.6 Å². The van der Waals surface area contributed by atoms with Crippen molar-refractivity contribution in [3.05, 3.63) is 39.7 Å². The minimum absolute atomic E-state index is 0.00789. The van der Waals surface area contributed by atoms with Crippen LogP contribution >= 0.6 is 0 Å². The highest BCUT2D eigenvalue weighted by Gasteiger charge is 2.64. The predicted molar refractivity (Wildman–Crippen MR) is 159 cm³/mol. The molecule has 4 atom stereocenters. The third-order valence-corrected chi connectivity index (χ3v) is 8.43. The second kappa shape index (κ2) is 10.9. The van der Waals surface area contributed by atoms with Gasteiger partial charge < -0.3 is 41.7 Å². The van der Waals surface area contributed by atoms with Gasteiger partial charge in [-0.3, -0.25) is 19.3 Å². The quantitative estimate of drug-likeness (QED) is 0.228. The summed E-state index contributed by atoms with van der Waals surface area (Å²) < 4.78 is 0. The van der Waals surface area contributed by atoms with Crippen LogP contribution in [-0.2, 0) is 27.2 Å². The van der Waals surface area contributed by atoms with Crippen molar-refractivity contribution < 1.29 is 39.6 Å². The summed E-state index contributed by atoms with van der Waals surface area (Å²) in [6.45, 7) is 5.69. The molecule has 0 unspecified atom stereocenters. The van der Waals surface area contributed by atoms with Crippen LogP contribution in [0.1, 0.15) is 43.9 Å². The Balaban J connectivity index is 1.83. The number of hydrogen-bond acceptors (Lipinski definition) is 10. The van der Waals surface area contributed by atoms with E-state index >= 15 is 0 Å². The van der Waals surface area contributed by atoms with Crippen molar-refractivity contribution in [2.24, 2.45) is 17.6 Å². The molecule has 0 aliphatic heterocycles. The van der Waals surface area contributed by atoms with Crippen molar-refractivity contribution >= 4 is 35.0 Å². The first-order valence-corrected chi connectivity index (χ1v) is 14.1. The highest BCUT2D eigenvalue weighted by molar-refractivity contribution is 6.24. The molecule has 13 heteroatoms. The first kappa shape index (κ1) is 31.8. The van der Waals surface area contributed by atoms with Gasteiger partial charge in [0.15, 0.2) is 11.4 Å². The fraction of sp³-hybridized carbons (Fsp3) is 0.533. The molecule has 13 nitrogen and oxygen atoms in total. The largest absolute Gasteiger partial charge is 0.508 e. The van der Waals surface area contributed by atoms with Gasteiger partial charge >= 0.3 is 6.03 Å². The summed E-state index contributed by atoms with van der Waals surface area (Å²) in [6.07, 6.45) is 0.387. The molecule has 4 rings (SSSR count). The number of anilines is 1. The van der Waals surface area contributed by atoms with E-state index in [4.69, 9.17) is 5.73 Å². The van der Waals surface area contributed by atoms with Crippen molar-refractivity contribution in [3.63, 3.8) is 0 Å². The number of fused-ring (bicyclic) bond motifs is 3. The van der Waals surface area contributed by atoms with E-state index < -0.39 is 63.6 Å². The van der Waals surface area contributed by atoms with Gasteiger partial charge in [0.1, 0.15) is 22.8 Å². The second-order valence-corrected chi connectivity index (χ2v) is 13.0. The van der Waals surface area contributed by atoms with Gasteiger partial charge in [-0.1, -0.05) is 0 Å². The van der Waals surface area contributed by atoms with E-state index in [2.05, 4.69) is 10.6 Å². The number of Topliss-reactive ketones (excluding diaryl/α,β-unsaturated/α-hetero) is 2. The molecule has 234 valence electrons. The number of carbonyl (C=O) groups is 4. The van der Waals surface area contributed by atoms with Crippen molar-refractivity contribution in [2.75, 3.05) is 39.6 Å². The standard InChI is InChI=1S/C30H41N5O8/c1-29(2,3)33-28(42)32-9-8-13-12-17(34(4)5)15-10-14-11-16-21(35(6)7)24(38)20(27(31)41)26(40)30(16,43)25(39)18(14)23(37)19(15)22(13)36/h12,14,16,21,36-37,40,43H,8-11H2,1-7H3,(H2,31,41)(H2,32,33,42)/t14-,16-,21-,30-/m0/s1. The summed E-state index contributed by atoms with van der Waals surface area (Å²) in [5.41, 5.74) is 2.81. The zero-order chi connectivity index (χ0) is 32.3. The molecule has 1 aromatic rings. The van der Waals surface area contributed by atoms with Crippen molar-refractivity contribution in [1.82, 2.24) is 15.5 Å². The number of aliphatic hydroxyl groups is 3. The van der Waals surface area contributed by atoms with E-state index in [1.54, 1.807) is 39.2 Å². The Bertz CT molecular complexity index is 1470. The van der Waals surface area contributed by atoms with Crippen LogP contribution in [0.3, 0.4) is 0 Å². The number of aromatic hydroxyl groups is 1. The Morgan fingerprint density at radius 3 is 2.28 bits per heavy atom. The number of benzene rings is 1. The van der Waals surface area contributed by atoms with Crippen LogP contribution in [0, 0.1) is 11.8 Å². The highest BCUT2D eigenvalue weighted by Crippen LogP contribution is 2.54. The number of urea groups is 1. The number of amides is 3. The number of nitrogens with zero attached hydrogens (tertiary/aromatic N) is 2. The minimum atomic E-state index is -2.70. The number of hydrogen-bond donors (Lipinski definition) is 7. The van der Waals surface area contributed by atoms with E-state index in [0.29, 0.717) is 16.8 Å². The molecule has 3 aliphatic rings. The number of phenols is 1. The number of phenolic OH excluding ortho intramolecular Hbond substituents is 1. The average molecular weight is 600 g/mol. The van der Waals surface area contributed by atoms with Crippen LogP contribution in [-0.4, -0.2) is 101 Å². The number of ketones is 2. The number of nitrogens with two attached hydrogens (primary N) is 1. The van der Waals surface area contributed by atoms with E-state index in [-0.39, 0.29) is 48.7 Å². The molecule has 8 N–H and O–H groups in total. The van der Waals surface area contributed by atoms with Crippen molar-refractivity contribution in [1.29, 1.82) is 0 Å². The second-order valence-electron chi connectivity index (χ2n) is 13.0. The Morgan fingerprint density at radius 1 is 1.12 bits per heavy atom. The fourth-order valence-corrected chi connectivity index (χ4v) is 6.63. The van der Waals surface area contributed by atoms with Crippen LogP contribution in [0.5, 0.6) is 5.75 Å². The predicted octanol–water partition coefficient (Wildman–Crippen LogP) is 0.670. The Morgan fingerprint density at radius 2 is 1.74 bits per heavy atom. The molecule has 0 saturated heterocycles. The summed E-state index contributed by atoms with van der Waals surface area (Å²) in [7, 11) is 6.70. The van der Waals surface area contributed by atoms with Crippen LogP contribution in [0.2, 0.25) is 0 Å². The lowest BCUT2D eigenvalue weighted by Crippen LogP contribution is -2.65. The number of rotatable bonds is 6. The maximum Gasteiger partial charge on any atom is 0.315 e. The van der Waals surface area contributed by atoms with Gasteiger partial charge in [-0.25, -0.2) is 4.79 Å². The molecular weight excluding hydrogens is 558 g/mol. The summed E-state index contributed by atoms with van der Waals surface area (Å²) in [4.78, 5) is 55.0. The molecule has 43 heavy (non-hydrogen) atoms. The number of carbonyl (C=O) groups excluding carboxylic acids is 4. The van der Waals surface area contributed by atoms with E-state index in [1.165, 1.54) is 4.90 Å². The molecule has 3 aliphatic carbocycles. The average Bonchev–Trinajstić information content (AvgIpc) is 2.85. The number of aliphatic hydroxyl groups excluding tert-OH is 2. The lowest BCUT2D eigenvalue weighted by Gasteiger charge is -2.50. The Hall–Kier alpha value is -4.10. The van der Waals surface area contributed by atoms with Gasteiger partial charge in [-0.2, -0.15) is 0 Å². The first-order chi connectivity index (χ1) is 19.8. The van der Waals surface area contributed by atoms with Gasteiger partial charge in [0.25, 0.3) is 5.91 Å². The highest BCUT2D eigenvalue weighted by atomic mass is 16.3. The van der Waals surface area contributed by atoms with Gasteiger partial charge in [0, 0.05) is 43.4 Å². The molecule has 0 heterocycles. The Labute approximate surface area is 250 Å². The first-order valence-electron chi connectivity index (χ1n) is 14.1. The third-order valence-electron chi connectivity index (χ3n) is 8.43. The van der Waals surface area contributed by atoms with Crippen LogP contribution in [0.4, 0.5) is 10.5 Å². The molecule has 0 radical (unpaired) electrons. The maximum absolute atomic E-state index is 14.1. The maximum atomic E-state index is 14.1. The lowest BCUT2D eigenvalue weighted by molar-refractivity contribution is -0.153. The zero-order valence-corrected chi connectivity index (χ0v) is 25.5. The van der Waals surface area contributed by atoms with Crippen molar-refractivity contribution in [3.8, 4) is 5.75 Å². The molecule has 1 fully saturated rings. The SMILES string of the molecule is CN(C)c1cc(CCNC(=O)NC(C)(C)C)c(O)c2c1C[C@H]1C[C@H]3[C@H](N(C)C)C(=O)C(C(N)=O)=C(O)[C@@]3(O)C(=O)C1=C2O. The lowest BCUT2D eigenvalue weighted by atomic mass is 9.57.